The molecule has 2 N–H and O–H groups in total. The molecule has 0 unspecified atom stereocenters. The first kappa shape index (κ1) is 13.9. The van der Waals surface area contributed by atoms with Gasteiger partial charge in [0, 0.05) is 11.4 Å². The predicted molar refractivity (Wildman–Crippen MR) is 84.6 cm³/mol. The van der Waals surface area contributed by atoms with Gasteiger partial charge in [0.05, 0.1) is 16.9 Å². The molecule has 1 amide bonds. The van der Waals surface area contributed by atoms with Gasteiger partial charge in [-0.25, -0.2) is 4.98 Å². The van der Waals surface area contributed by atoms with Gasteiger partial charge in [-0.2, -0.15) is 0 Å². The number of anilines is 2. The van der Waals surface area contributed by atoms with Crippen molar-refractivity contribution in [2.24, 2.45) is 0 Å². The van der Waals surface area contributed by atoms with Gasteiger partial charge in [0.2, 0.25) is 0 Å². The summed E-state index contributed by atoms with van der Waals surface area (Å²) in [6, 6.07) is 5.52. The van der Waals surface area contributed by atoms with Gasteiger partial charge in [-0.1, -0.05) is 13.0 Å². The van der Waals surface area contributed by atoms with E-state index < -0.39 is 0 Å². The molecule has 0 saturated heterocycles. The van der Waals surface area contributed by atoms with E-state index in [2.05, 4.69) is 22.5 Å². The Labute approximate surface area is 127 Å². The Morgan fingerprint density at radius 1 is 1.52 bits per heavy atom. The number of hydrogen-bond donors (Lipinski definition) is 2. The Balaban J connectivity index is 1.85. The molecule has 5 nitrogen and oxygen atoms in total. The lowest BCUT2D eigenvalue weighted by molar-refractivity contribution is 0.102. The molecule has 0 atom stereocenters. The van der Waals surface area contributed by atoms with E-state index in [1.165, 1.54) is 11.3 Å². The number of nitrogens with one attached hydrogen (secondary N) is 2. The van der Waals surface area contributed by atoms with Gasteiger partial charge < -0.3 is 10.1 Å². The number of para-hydroxylation sites is 1. The summed E-state index contributed by atoms with van der Waals surface area (Å²) in [6.07, 6.45) is 0.867. The molecule has 6 heteroatoms. The number of aromatic nitrogens is 1. The number of carbonyl (C=O) groups is 1. The standard InChI is InChI=1S/C15H17N3O2S/c1-3-11-9(2)21-15(17-11)18-14(19)10-5-4-6-12-13(10)20-8-7-16-12/h4-6,16H,3,7-8H2,1-2H3,(H,17,18,19). The normalized spacial score (nSPS) is 13.0. The van der Waals surface area contributed by atoms with Crippen molar-refractivity contribution >= 4 is 28.1 Å². The maximum atomic E-state index is 12.4. The van der Waals surface area contributed by atoms with Gasteiger partial charge in [0.25, 0.3) is 5.91 Å². The van der Waals surface area contributed by atoms with Crippen molar-refractivity contribution in [1.29, 1.82) is 0 Å². The van der Waals surface area contributed by atoms with Crippen molar-refractivity contribution in [3.05, 3.63) is 34.3 Å². The fourth-order valence-corrected chi connectivity index (χ4v) is 3.22. The molecule has 2 aromatic rings. The van der Waals surface area contributed by atoms with Crippen LogP contribution in [0, 0.1) is 6.92 Å². The molecule has 1 aliphatic rings. The smallest absolute Gasteiger partial charge is 0.261 e. The van der Waals surface area contributed by atoms with Crippen molar-refractivity contribution in [1.82, 2.24) is 4.98 Å². The Kier molecular flexibility index (Phi) is 3.79. The fourth-order valence-electron chi connectivity index (χ4n) is 2.32. The molecule has 21 heavy (non-hydrogen) atoms. The van der Waals surface area contributed by atoms with Crippen molar-refractivity contribution in [2.45, 2.75) is 20.3 Å². The molecule has 0 bridgehead atoms. The van der Waals surface area contributed by atoms with Gasteiger partial charge in [0.1, 0.15) is 6.61 Å². The van der Waals surface area contributed by atoms with Crippen LogP contribution in [0.5, 0.6) is 5.75 Å². The summed E-state index contributed by atoms with van der Waals surface area (Å²) < 4.78 is 5.62. The van der Waals surface area contributed by atoms with Crippen LogP contribution in [-0.2, 0) is 6.42 Å². The van der Waals surface area contributed by atoms with Crippen LogP contribution in [0.1, 0.15) is 27.9 Å². The minimum absolute atomic E-state index is 0.188. The highest BCUT2D eigenvalue weighted by Crippen LogP contribution is 2.32. The largest absolute Gasteiger partial charge is 0.489 e. The van der Waals surface area contributed by atoms with E-state index >= 15 is 0 Å². The zero-order chi connectivity index (χ0) is 14.8. The zero-order valence-electron chi connectivity index (χ0n) is 12.0. The minimum Gasteiger partial charge on any atom is -0.489 e. The molecule has 3 rings (SSSR count). The predicted octanol–water partition coefficient (Wildman–Crippen LogP) is 3.07. The summed E-state index contributed by atoms with van der Waals surface area (Å²) in [5.41, 5.74) is 2.42. The molecular weight excluding hydrogens is 286 g/mol. The van der Waals surface area contributed by atoms with Gasteiger partial charge >= 0.3 is 0 Å². The summed E-state index contributed by atoms with van der Waals surface area (Å²) in [7, 11) is 0. The number of fused-ring (bicyclic) bond motifs is 1. The molecule has 0 saturated carbocycles. The number of rotatable bonds is 3. The average Bonchev–Trinajstić information content (AvgIpc) is 2.86. The number of ether oxygens (including phenoxy) is 1. The van der Waals surface area contributed by atoms with Gasteiger partial charge in [-0.15, -0.1) is 11.3 Å². The van der Waals surface area contributed by atoms with E-state index in [9.17, 15) is 4.79 Å². The number of amides is 1. The number of benzene rings is 1. The molecule has 0 radical (unpaired) electrons. The summed E-state index contributed by atoms with van der Waals surface area (Å²) in [6.45, 7) is 5.39. The SMILES string of the molecule is CCc1nc(NC(=O)c2cccc3c2OCCN3)sc1C. The van der Waals surface area contributed by atoms with Crippen LogP contribution in [0.4, 0.5) is 10.8 Å². The lowest BCUT2D eigenvalue weighted by Crippen LogP contribution is -2.21. The molecule has 1 aromatic carbocycles. The van der Waals surface area contributed by atoms with E-state index in [1.807, 2.05) is 19.1 Å². The zero-order valence-corrected chi connectivity index (χ0v) is 12.8. The Morgan fingerprint density at radius 2 is 2.38 bits per heavy atom. The Bertz CT molecular complexity index is 682. The lowest BCUT2D eigenvalue weighted by Gasteiger charge is -2.21. The van der Waals surface area contributed by atoms with E-state index in [0.717, 1.165) is 29.2 Å². The molecule has 2 heterocycles. The van der Waals surface area contributed by atoms with E-state index in [0.29, 0.717) is 23.1 Å². The average molecular weight is 303 g/mol. The van der Waals surface area contributed by atoms with Crippen molar-refractivity contribution in [3.63, 3.8) is 0 Å². The van der Waals surface area contributed by atoms with Gasteiger partial charge in [0.15, 0.2) is 10.9 Å². The first-order valence-electron chi connectivity index (χ1n) is 6.96. The van der Waals surface area contributed by atoms with Crippen LogP contribution in [0.25, 0.3) is 0 Å². The topological polar surface area (TPSA) is 63.2 Å². The molecule has 0 spiro atoms. The maximum absolute atomic E-state index is 12.4. The highest BCUT2D eigenvalue weighted by Gasteiger charge is 2.20. The number of aryl methyl sites for hydroxylation is 2. The lowest BCUT2D eigenvalue weighted by atomic mass is 10.1. The van der Waals surface area contributed by atoms with E-state index in [4.69, 9.17) is 4.74 Å². The highest BCUT2D eigenvalue weighted by atomic mass is 32.1. The second kappa shape index (κ2) is 5.73. The highest BCUT2D eigenvalue weighted by molar-refractivity contribution is 7.15. The number of carbonyl (C=O) groups excluding carboxylic acids is 1. The number of nitrogens with zero attached hydrogens (tertiary/aromatic N) is 1. The third kappa shape index (κ3) is 2.71. The molecular formula is C15H17N3O2S. The van der Waals surface area contributed by atoms with Gasteiger partial charge in [-0.05, 0) is 25.5 Å². The van der Waals surface area contributed by atoms with Crippen molar-refractivity contribution in [3.8, 4) is 5.75 Å². The van der Waals surface area contributed by atoms with E-state index in [1.54, 1.807) is 6.07 Å². The molecule has 1 aromatic heterocycles. The second-order valence-electron chi connectivity index (χ2n) is 4.79. The Hall–Kier alpha value is -2.08. The third-order valence-corrected chi connectivity index (χ3v) is 4.30. The number of hydrogen-bond acceptors (Lipinski definition) is 5. The molecule has 0 fully saturated rings. The summed E-state index contributed by atoms with van der Waals surface area (Å²) in [5, 5.41) is 6.73. The fraction of sp³-hybridized carbons (Fsp3) is 0.333. The minimum atomic E-state index is -0.188. The van der Waals surface area contributed by atoms with Crippen LogP contribution in [-0.4, -0.2) is 24.0 Å². The van der Waals surface area contributed by atoms with Crippen LogP contribution in [0.3, 0.4) is 0 Å². The molecule has 1 aliphatic heterocycles. The van der Waals surface area contributed by atoms with Crippen molar-refractivity contribution < 1.29 is 9.53 Å². The quantitative estimate of drug-likeness (QED) is 0.914. The summed E-state index contributed by atoms with van der Waals surface area (Å²) in [5.74, 6) is 0.428. The molecule has 0 aliphatic carbocycles. The first-order chi connectivity index (χ1) is 10.2. The van der Waals surface area contributed by atoms with Gasteiger partial charge in [-0.3, -0.25) is 10.1 Å². The second-order valence-corrected chi connectivity index (χ2v) is 5.99. The van der Waals surface area contributed by atoms with Crippen LogP contribution in [0.2, 0.25) is 0 Å². The van der Waals surface area contributed by atoms with Crippen LogP contribution in [0.15, 0.2) is 18.2 Å². The first-order valence-corrected chi connectivity index (χ1v) is 7.78. The third-order valence-electron chi connectivity index (χ3n) is 3.37. The molecule has 110 valence electrons. The summed E-state index contributed by atoms with van der Waals surface area (Å²) >= 11 is 1.50. The van der Waals surface area contributed by atoms with Crippen LogP contribution < -0.4 is 15.4 Å². The number of thiazole rings is 1. The monoisotopic (exact) mass is 303 g/mol. The summed E-state index contributed by atoms with van der Waals surface area (Å²) in [4.78, 5) is 18.0. The van der Waals surface area contributed by atoms with Crippen LogP contribution >= 0.6 is 11.3 Å². The van der Waals surface area contributed by atoms with Crippen molar-refractivity contribution in [2.75, 3.05) is 23.8 Å². The van der Waals surface area contributed by atoms with E-state index in [-0.39, 0.29) is 5.91 Å². The maximum Gasteiger partial charge on any atom is 0.261 e. The Morgan fingerprint density at radius 3 is 3.14 bits per heavy atom.